The Morgan fingerprint density at radius 3 is 1.15 bits per heavy atom. The highest BCUT2D eigenvalue weighted by atomic mass is 32.3. The zero-order chi connectivity index (χ0) is 17.0. The van der Waals surface area contributed by atoms with Crippen LogP contribution in [0.3, 0.4) is 0 Å². The molecular weight excluding hydrogens is 304 g/mol. The maximum atomic E-state index is 12.0. The number of hydrogen-bond donors (Lipinski definition) is 0. The first-order valence-corrected chi connectivity index (χ1v) is 8.39. The van der Waals surface area contributed by atoms with Crippen molar-refractivity contribution in [3.63, 3.8) is 0 Å². The highest BCUT2D eigenvalue weighted by Crippen LogP contribution is 2.25. The highest BCUT2D eigenvalue weighted by molar-refractivity contribution is 8.31. The van der Waals surface area contributed by atoms with E-state index in [0.29, 0.717) is 0 Å². The van der Waals surface area contributed by atoms with E-state index in [4.69, 9.17) is 11.1 Å². The van der Waals surface area contributed by atoms with Gasteiger partial charge in [0, 0.05) is 0 Å². The first-order valence-electron chi connectivity index (χ1n) is 5.42. The molecule has 116 valence electrons. The molecule has 0 saturated heterocycles. The summed E-state index contributed by atoms with van der Waals surface area (Å²) in [6.45, 7) is 10.7. The van der Waals surface area contributed by atoms with Crippen LogP contribution in [0, 0.1) is 0 Å². The third-order valence-corrected chi connectivity index (χ3v) is 7.78. The van der Waals surface area contributed by atoms with E-state index < -0.39 is 33.5 Å². The molecule has 0 saturated carbocycles. The van der Waals surface area contributed by atoms with Crippen molar-refractivity contribution in [2.24, 2.45) is 0 Å². The van der Waals surface area contributed by atoms with Crippen LogP contribution in [0.2, 0.25) is 0 Å². The second kappa shape index (κ2) is 6.41. The maximum absolute atomic E-state index is 12.0. The molecular formula is C10H20N4O4S2. The van der Waals surface area contributed by atoms with E-state index in [-0.39, 0.29) is 0 Å². The second-order valence-corrected chi connectivity index (χ2v) is 11.2. The van der Waals surface area contributed by atoms with Gasteiger partial charge in [0.25, 0.3) is 19.7 Å². The van der Waals surface area contributed by atoms with Gasteiger partial charge in [-0.05, 0) is 41.5 Å². The zero-order valence-electron chi connectivity index (χ0n) is 12.4. The Morgan fingerprint density at radius 2 is 1.05 bits per heavy atom. The molecule has 0 aromatic heterocycles. The van der Waals surface area contributed by atoms with Gasteiger partial charge in [-0.15, -0.1) is 4.79 Å². The fourth-order valence-corrected chi connectivity index (χ4v) is 4.69. The van der Waals surface area contributed by atoms with Gasteiger partial charge in [0.05, 0.1) is 9.49 Å². The summed E-state index contributed by atoms with van der Waals surface area (Å²) in [6.07, 6.45) is 0. The van der Waals surface area contributed by atoms with Gasteiger partial charge in [-0.2, -0.15) is 4.79 Å². The second-order valence-electron chi connectivity index (χ2n) is 5.74. The summed E-state index contributed by atoms with van der Waals surface area (Å²) in [4.78, 5) is 4.76. The summed E-state index contributed by atoms with van der Waals surface area (Å²) in [7, 11) is -8.43. The molecule has 0 fully saturated rings. The Morgan fingerprint density at radius 1 is 0.850 bits per heavy atom. The topological polar surface area (TPSA) is 141 Å². The van der Waals surface area contributed by atoms with Gasteiger partial charge in [-0.3, -0.25) is 0 Å². The number of nitrogens with zero attached hydrogens (tertiary/aromatic N) is 4. The highest BCUT2D eigenvalue weighted by Gasteiger charge is 2.53. The molecule has 0 aliphatic heterocycles. The van der Waals surface area contributed by atoms with Crippen LogP contribution < -0.4 is 0 Å². The van der Waals surface area contributed by atoms with Gasteiger partial charge in [0.15, 0.2) is 0 Å². The minimum Gasteiger partial charge on any atom is -0.362 e. The Bertz CT molecular complexity index is 590. The van der Waals surface area contributed by atoms with Gasteiger partial charge in [-0.1, -0.05) is 0 Å². The number of sulfone groups is 2. The molecule has 10 heteroatoms. The first-order chi connectivity index (χ1) is 8.61. The van der Waals surface area contributed by atoms with E-state index in [2.05, 4.69) is 16.3 Å². The first kappa shape index (κ1) is 21.0. The standard InChI is InChI=1S/C9H18N2O4S2.CH2N2/c1-8(2,3)16(12,13)7(11-10)17(14,15)9(4,5)6;1-3-2/h1-6H3;1H2. The third-order valence-electron chi connectivity index (χ3n) is 2.15. The molecule has 0 atom stereocenters. The summed E-state index contributed by atoms with van der Waals surface area (Å²) in [5.41, 5.74) is 15.8. The van der Waals surface area contributed by atoms with Crippen LogP contribution >= 0.6 is 0 Å². The molecule has 0 rings (SSSR count). The van der Waals surface area contributed by atoms with Crippen molar-refractivity contribution < 1.29 is 26.4 Å². The molecule has 0 aliphatic carbocycles. The molecule has 20 heavy (non-hydrogen) atoms. The predicted octanol–water partition coefficient (Wildman–Crippen LogP) is 0.916. The van der Waals surface area contributed by atoms with E-state index in [0.717, 1.165) is 0 Å². The normalized spacial score (nSPS) is 12.5. The summed E-state index contributed by atoms with van der Waals surface area (Å²) in [5, 5.41) is 0. The minimum absolute atomic E-state index is 1.18. The largest absolute Gasteiger partial charge is 0.496 e. The molecule has 0 N–H and O–H groups in total. The van der Waals surface area contributed by atoms with Crippen LogP contribution in [-0.4, -0.2) is 47.0 Å². The van der Waals surface area contributed by atoms with Crippen LogP contribution in [0.4, 0.5) is 0 Å². The molecule has 0 aromatic rings. The van der Waals surface area contributed by atoms with E-state index in [9.17, 15) is 16.8 Å². The molecule has 0 amide bonds. The smallest absolute Gasteiger partial charge is 0.362 e. The quantitative estimate of drug-likeness (QED) is 0.282. The fourth-order valence-electron chi connectivity index (χ4n) is 0.776. The predicted molar refractivity (Wildman–Crippen MR) is 76.7 cm³/mol. The Labute approximate surface area is 119 Å². The van der Waals surface area contributed by atoms with Gasteiger partial charge < -0.3 is 11.1 Å². The summed E-state index contributed by atoms with van der Waals surface area (Å²) >= 11 is 0. The lowest BCUT2D eigenvalue weighted by Crippen LogP contribution is -2.45. The van der Waals surface area contributed by atoms with E-state index in [1.165, 1.54) is 41.5 Å². The van der Waals surface area contributed by atoms with Crippen molar-refractivity contribution in [2.75, 3.05) is 0 Å². The molecule has 0 aliphatic rings. The number of rotatable bonds is 0. The van der Waals surface area contributed by atoms with E-state index >= 15 is 0 Å². The monoisotopic (exact) mass is 324 g/mol. The Hall–Kier alpha value is -1.34. The van der Waals surface area contributed by atoms with Gasteiger partial charge in [0.2, 0.25) is 6.72 Å². The minimum atomic E-state index is -4.22. The fraction of sp³-hybridized carbons (Fsp3) is 0.800. The Balaban J connectivity index is 0. The summed E-state index contributed by atoms with van der Waals surface area (Å²) < 4.78 is 44.1. The van der Waals surface area contributed by atoms with E-state index in [1.54, 1.807) is 0 Å². The van der Waals surface area contributed by atoms with Crippen molar-refractivity contribution in [1.82, 2.24) is 0 Å². The van der Waals surface area contributed by atoms with Crippen molar-refractivity contribution in [3.05, 3.63) is 11.1 Å². The maximum Gasteiger partial charge on any atom is 0.496 e. The molecule has 0 unspecified atom stereocenters. The zero-order valence-corrected chi connectivity index (χ0v) is 14.1. The van der Waals surface area contributed by atoms with Crippen molar-refractivity contribution in [1.29, 1.82) is 0 Å². The van der Waals surface area contributed by atoms with Crippen LogP contribution in [0.1, 0.15) is 41.5 Å². The van der Waals surface area contributed by atoms with E-state index in [1.807, 2.05) is 0 Å². The molecule has 8 nitrogen and oxygen atoms in total. The Kier molecular flexibility index (Phi) is 6.72. The van der Waals surface area contributed by atoms with Crippen molar-refractivity contribution in [3.8, 4) is 0 Å². The third kappa shape index (κ3) is 4.35. The van der Waals surface area contributed by atoms with Gasteiger partial charge in [0.1, 0.15) is 0 Å². The SMILES string of the molecule is C=[N+]=[N-].CC(C)(C)S(=O)(=O)C(=[N+]=[N-])S(=O)(=O)C(C)(C)C. The molecule has 0 spiro atoms. The van der Waals surface area contributed by atoms with Crippen LogP contribution in [0.25, 0.3) is 11.1 Å². The molecule has 0 heterocycles. The average molecular weight is 324 g/mol. The lowest BCUT2D eigenvalue weighted by atomic mass is 10.3. The van der Waals surface area contributed by atoms with Crippen LogP contribution in [0.5, 0.6) is 0 Å². The molecule has 0 radical (unpaired) electrons. The van der Waals surface area contributed by atoms with Crippen molar-refractivity contribution >= 4 is 30.8 Å². The average Bonchev–Trinajstić information content (AvgIpc) is 2.14. The van der Waals surface area contributed by atoms with Crippen LogP contribution in [-0.2, 0) is 19.7 Å². The number of hydrogen-bond acceptors (Lipinski definition) is 4. The van der Waals surface area contributed by atoms with Gasteiger partial charge in [-0.25, -0.2) is 16.8 Å². The summed E-state index contributed by atoms with van der Waals surface area (Å²) in [6, 6.07) is 0. The van der Waals surface area contributed by atoms with Gasteiger partial charge >= 0.3 is 4.38 Å². The lowest BCUT2D eigenvalue weighted by Gasteiger charge is -2.20. The van der Waals surface area contributed by atoms with Crippen LogP contribution in [0.15, 0.2) is 0 Å². The molecule has 0 aromatic carbocycles. The van der Waals surface area contributed by atoms with Crippen molar-refractivity contribution in [2.45, 2.75) is 51.0 Å². The molecule has 0 bridgehead atoms. The lowest BCUT2D eigenvalue weighted by molar-refractivity contribution is 0.00351. The summed E-state index contributed by atoms with van der Waals surface area (Å²) in [5.74, 6) is 0.